The minimum absolute atomic E-state index is 0.0681. The highest BCUT2D eigenvalue weighted by Gasteiger charge is 2.27. The second kappa shape index (κ2) is 6.44. The number of hydrogen-bond donors (Lipinski definition) is 0. The Hall–Kier alpha value is -0.490. The lowest BCUT2D eigenvalue weighted by Gasteiger charge is -2.06. The molecule has 0 aliphatic carbocycles. The fourth-order valence-electron chi connectivity index (χ4n) is 1.07. The minimum Gasteiger partial charge on any atom is -0.299 e. The molecule has 0 amide bonds. The first kappa shape index (κ1) is 14.6. The van der Waals surface area contributed by atoms with Crippen molar-refractivity contribution in [2.75, 3.05) is 5.75 Å². The minimum atomic E-state index is -4.26. The zero-order valence-corrected chi connectivity index (χ0v) is 11.2. The van der Waals surface area contributed by atoms with Crippen LogP contribution in [0.15, 0.2) is 33.6 Å². The van der Waals surface area contributed by atoms with Crippen LogP contribution in [0.1, 0.15) is 12.8 Å². The van der Waals surface area contributed by atoms with E-state index in [-0.39, 0.29) is 11.5 Å². The summed E-state index contributed by atoms with van der Waals surface area (Å²) in [7, 11) is 0. The average Bonchev–Trinajstić information content (AvgIpc) is 2.24. The highest BCUT2D eigenvalue weighted by atomic mass is 79.9. The Kier molecular flexibility index (Phi) is 5.52. The molecule has 0 radical (unpaired) electrons. The van der Waals surface area contributed by atoms with Crippen LogP contribution in [0.25, 0.3) is 0 Å². The van der Waals surface area contributed by atoms with Gasteiger partial charge in [-0.05, 0) is 28.1 Å². The quantitative estimate of drug-likeness (QED) is 0.743. The van der Waals surface area contributed by atoms with E-state index in [0.29, 0.717) is 0 Å². The highest BCUT2D eigenvalue weighted by Crippen LogP contribution is 2.28. The molecule has 1 aromatic rings. The Morgan fingerprint density at radius 2 is 1.94 bits per heavy atom. The van der Waals surface area contributed by atoms with Crippen molar-refractivity contribution in [2.24, 2.45) is 0 Å². The van der Waals surface area contributed by atoms with E-state index in [2.05, 4.69) is 15.9 Å². The van der Waals surface area contributed by atoms with Gasteiger partial charge in [0, 0.05) is 15.8 Å². The van der Waals surface area contributed by atoms with E-state index in [1.807, 2.05) is 24.3 Å². The van der Waals surface area contributed by atoms with Crippen molar-refractivity contribution >= 4 is 33.5 Å². The van der Waals surface area contributed by atoms with Crippen LogP contribution in [0, 0.1) is 0 Å². The maximum absolute atomic E-state index is 11.9. The smallest absolute Gasteiger partial charge is 0.299 e. The van der Waals surface area contributed by atoms with Crippen molar-refractivity contribution < 1.29 is 18.0 Å². The molecule has 1 nitrogen and oxygen atoms in total. The average molecular weight is 327 g/mol. The fraction of sp³-hybridized carbons (Fsp3) is 0.364. The molecule has 0 heterocycles. The summed E-state index contributed by atoms with van der Waals surface area (Å²) < 4.78 is 36.5. The molecular weight excluding hydrogens is 317 g/mol. The van der Waals surface area contributed by atoms with Crippen LogP contribution in [0.5, 0.6) is 0 Å². The highest BCUT2D eigenvalue weighted by molar-refractivity contribution is 9.10. The summed E-state index contributed by atoms with van der Waals surface area (Å²) in [5.74, 6) is -0.318. The van der Waals surface area contributed by atoms with Crippen molar-refractivity contribution in [3.63, 3.8) is 0 Å². The number of ketones is 1. The monoisotopic (exact) mass is 326 g/mol. The van der Waals surface area contributed by atoms with E-state index < -0.39 is 19.0 Å². The topological polar surface area (TPSA) is 17.1 Å². The van der Waals surface area contributed by atoms with Crippen molar-refractivity contribution in [3.05, 3.63) is 28.7 Å². The molecule has 94 valence electrons. The first-order valence-electron chi connectivity index (χ1n) is 4.84. The number of carbonyl (C=O) groups is 1. The van der Waals surface area contributed by atoms with Gasteiger partial charge >= 0.3 is 6.18 Å². The molecule has 0 saturated carbocycles. The first-order valence-corrected chi connectivity index (χ1v) is 6.62. The SMILES string of the molecule is O=C(CCC(F)(F)F)CSc1ccccc1Br. The van der Waals surface area contributed by atoms with Gasteiger partial charge in [-0.2, -0.15) is 13.2 Å². The molecule has 0 aromatic heterocycles. The zero-order chi connectivity index (χ0) is 12.9. The van der Waals surface area contributed by atoms with Gasteiger partial charge in [0.05, 0.1) is 12.2 Å². The third-order valence-corrected chi connectivity index (χ3v) is 4.00. The summed E-state index contributed by atoms with van der Waals surface area (Å²) in [6.45, 7) is 0. The molecule has 0 aliphatic heterocycles. The van der Waals surface area contributed by atoms with Crippen molar-refractivity contribution in [1.29, 1.82) is 0 Å². The molecule has 0 bridgehead atoms. The number of Topliss-reactive ketones (excluding diaryl/α,β-unsaturated/α-hetero) is 1. The van der Waals surface area contributed by atoms with Gasteiger partial charge in [-0.15, -0.1) is 11.8 Å². The molecule has 1 aromatic carbocycles. The van der Waals surface area contributed by atoms with Gasteiger partial charge in [-0.3, -0.25) is 4.79 Å². The second-order valence-corrected chi connectivity index (χ2v) is 5.24. The number of hydrogen-bond acceptors (Lipinski definition) is 2. The lowest BCUT2D eigenvalue weighted by atomic mass is 10.2. The van der Waals surface area contributed by atoms with Crippen molar-refractivity contribution in [2.45, 2.75) is 23.9 Å². The lowest BCUT2D eigenvalue weighted by Crippen LogP contribution is -2.11. The summed E-state index contributed by atoms with van der Waals surface area (Å²) in [6, 6.07) is 7.28. The molecule has 1 rings (SSSR count). The van der Waals surface area contributed by atoms with Gasteiger partial charge in [0.25, 0.3) is 0 Å². The Balaban J connectivity index is 2.36. The molecule has 6 heteroatoms. The van der Waals surface area contributed by atoms with Gasteiger partial charge in [0.1, 0.15) is 5.78 Å². The second-order valence-electron chi connectivity index (χ2n) is 3.37. The van der Waals surface area contributed by atoms with E-state index in [1.54, 1.807) is 0 Å². The van der Waals surface area contributed by atoms with Crippen LogP contribution in [0.3, 0.4) is 0 Å². The molecule has 0 spiro atoms. The maximum atomic E-state index is 11.9. The number of halogens is 4. The summed E-state index contributed by atoms with van der Waals surface area (Å²) in [4.78, 5) is 12.1. The molecule has 0 N–H and O–H groups in total. The number of thioether (sulfide) groups is 1. The van der Waals surface area contributed by atoms with E-state index in [0.717, 1.165) is 9.37 Å². The van der Waals surface area contributed by atoms with Crippen molar-refractivity contribution in [1.82, 2.24) is 0 Å². The van der Waals surface area contributed by atoms with Gasteiger partial charge < -0.3 is 0 Å². The normalized spacial score (nSPS) is 11.5. The molecule has 0 atom stereocenters. The van der Waals surface area contributed by atoms with Gasteiger partial charge in [-0.1, -0.05) is 12.1 Å². The van der Waals surface area contributed by atoms with Crippen LogP contribution >= 0.6 is 27.7 Å². The molecule has 0 unspecified atom stereocenters. The van der Waals surface area contributed by atoms with E-state index in [4.69, 9.17) is 0 Å². The lowest BCUT2D eigenvalue weighted by molar-refractivity contribution is -0.142. The Morgan fingerprint density at radius 3 is 2.53 bits per heavy atom. The van der Waals surface area contributed by atoms with Crippen LogP contribution in [0.2, 0.25) is 0 Å². The predicted octanol–water partition coefficient (Wildman–Crippen LogP) is 4.45. The Bertz CT molecular complexity index is 393. The summed E-state index contributed by atoms with van der Waals surface area (Å²) in [5, 5.41) is 0. The zero-order valence-electron chi connectivity index (χ0n) is 8.76. The van der Waals surface area contributed by atoms with Gasteiger partial charge in [0.15, 0.2) is 0 Å². The maximum Gasteiger partial charge on any atom is 0.389 e. The van der Waals surface area contributed by atoms with Crippen LogP contribution < -0.4 is 0 Å². The number of rotatable bonds is 5. The summed E-state index contributed by atoms with van der Waals surface area (Å²) in [5.41, 5.74) is 0. The Labute approximate surface area is 110 Å². The Morgan fingerprint density at radius 1 is 1.29 bits per heavy atom. The molecule has 17 heavy (non-hydrogen) atoms. The number of carbonyl (C=O) groups excluding carboxylic acids is 1. The fourth-order valence-corrected chi connectivity index (χ4v) is 2.54. The molecule has 0 aliphatic rings. The third kappa shape index (κ3) is 6.12. The third-order valence-electron chi connectivity index (χ3n) is 1.91. The van der Waals surface area contributed by atoms with E-state index >= 15 is 0 Å². The largest absolute Gasteiger partial charge is 0.389 e. The van der Waals surface area contributed by atoms with Crippen LogP contribution in [-0.4, -0.2) is 17.7 Å². The van der Waals surface area contributed by atoms with Gasteiger partial charge in [-0.25, -0.2) is 0 Å². The summed E-state index contributed by atoms with van der Waals surface area (Å²) in [6.07, 6.45) is -5.74. The van der Waals surface area contributed by atoms with Gasteiger partial charge in [0.2, 0.25) is 0 Å². The van der Waals surface area contributed by atoms with E-state index in [1.165, 1.54) is 11.8 Å². The number of alkyl halides is 3. The van der Waals surface area contributed by atoms with Crippen molar-refractivity contribution in [3.8, 4) is 0 Å². The standard InChI is InChI=1S/C11H10BrF3OS/c12-9-3-1-2-4-10(9)17-7-8(16)5-6-11(13,14)15/h1-4H,5-7H2. The molecule has 0 fully saturated rings. The number of benzene rings is 1. The van der Waals surface area contributed by atoms with Crippen LogP contribution in [0.4, 0.5) is 13.2 Å². The van der Waals surface area contributed by atoms with Crippen LogP contribution in [-0.2, 0) is 4.79 Å². The summed E-state index contributed by atoms with van der Waals surface area (Å²) >= 11 is 4.55. The predicted molar refractivity (Wildman–Crippen MR) is 65.2 cm³/mol. The molecule has 0 saturated heterocycles. The molecular formula is C11H10BrF3OS. The first-order chi connectivity index (χ1) is 7.88. The van der Waals surface area contributed by atoms with E-state index in [9.17, 15) is 18.0 Å².